The molecule has 0 saturated carbocycles. The molecule has 1 N–H and O–H groups in total. The van der Waals surface area contributed by atoms with Crippen LogP contribution in [0, 0.1) is 0 Å². The zero-order chi connectivity index (χ0) is 17.3. The molecule has 24 heavy (non-hydrogen) atoms. The number of aryl methyl sites for hydroxylation is 1. The summed E-state index contributed by atoms with van der Waals surface area (Å²) in [5.74, 6) is 0.414. The van der Waals surface area contributed by atoms with E-state index in [4.69, 9.17) is 9.47 Å². The molecule has 128 valence electrons. The van der Waals surface area contributed by atoms with E-state index < -0.39 is 5.54 Å². The summed E-state index contributed by atoms with van der Waals surface area (Å²) in [6, 6.07) is 19.8. The maximum atomic E-state index is 12.2. The van der Waals surface area contributed by atoms with Crippen LogP contribution in [0.3, 0.4) is 0 Å². The van der Waals surface area contributed by atoms with Crippen molar-refractivity contribution in [1.29, 1.82) is 0 Å². The van der Waals surface area contributed by atoms with Gasteiger partial charge in [0.25, 0.3) is 0 Å². The van der Waals surface area contributed by atoms with E-state index in [2.05, 4.69) is 17.4 Å². The molecular formula is C20H25NO3. The van der Waals surface area contributed by atoms with E-state index in [1.54, 1.807) is 0 Å². The summed E-state index contributed by atoms with van der Waals surface area (Å²) in [5.41, 5.74) is 0.418. The topological polar surface area (TPSA) is 47.6 Å². The first-order valence-electron chi connectivity index (χ1n) is 8.19. The molecule has 0 unspecified atom stereocenters. The van der Waals surface area contributed by atoms with Gasteiger partial charge in [0.15, 0.2) is 0 Å². The molecule has 4 nitrogen and oxygen atoms in total. The number of carbonyl (C=O) groups is 1. The molecule has 0 amide bonds. The minimum Gasteiger partial charge on any atom is -0.491 e. The fourth-order valence-electron chi connectivity index (χ4n) is 2.45. The lowest BCUT2D eigenvalue weighted by atomic mass is 10.0. The van der Waals surface area contributed by atoms with E-state index in [9.17, 15) is 4.79 Å². The van der Waals surface area contributed by atoms with Gasteiger partial charge in [0.05, 0.1) is 7.11 Å². The molecule has 0 bridgehead atoms. The number of benzene rings is 2. The molecule has 2 aromatic carbocycles. The van der Waals surface area contributed by atoms with Gasteiger partial charge in [-0.15, -0.1) is 0 Å². The van der Waals surface area contributed by atoms with Crippen molar-refractivity contribution in [2.45, 2.75) is 25.3 Å². The van der Waals surface area contributed by atoms with Gasteiger partial charge in [0.2, 0.25) is 0 Å². The second-order valence-electron chi connectivity index (χ2n) is 5.94. The van der Waals surface area contributed by atoms with Gasteiger partial charge in [0.1, 0.15) is 17.9 Å². The lowest BCUT2D eigenvalue weighted by molar-refractivity contribution is -0.149. The average Bonchev–Trinajstić information content (AvgIpc) is 2.64. The van der Waals surface area contributed by atoms with Crippen molar-refractivity contribution in [2.24, 2.45) is 0 Å². The molecule has 0 aliphatic heterocycles. The minimum absolute atomic E-state index is 0.217. The van der Waals surface area contributed by atoms with Gasteiger partial charge in [0, 0.05) is 0 Å². The van der Waals surface area contributed by atoms with E-state index in [1.165, 1.54) is 12.7 Å². The average molecular weight is 327 g/mol. The lowest BCUT2D eigenvalue weighted by Gasteiger charge is -2.28. The Bertz CT molecular complexity index is 615. The molecule has 0 aliphatic rings. The highest BCUT2D eigenvalue weighted by Crippen LogP contribution is 2.14. The number of rotatable bonds is 9. The van der Waals surface area contributed by atoms with Gasteiger partial charge in [-0.3, -0.25) is 5.32 Å². The van der Waals surface area contributed by atoms with Gasteiger partial charge in [-0.2, -0.15) is 0 Å². The zero-order valence-corrected chi connectivity index (χ0v) is 14.3. The largest absolute Gasteiger partial charge is 0.491 e. The van der Waals surface area contributed by atoms with Crippen LogP contribution in [0.25, 0.3) is 0 Å². The molecule has 0 aliphatic carbocycles. The number of para-hydroxylation sites is 1. The third-order valence-electron chi connectivity index (χ3n) is 3.91. The van der Waals surface area contributed by atoms with Crippen molar-refractivity contribution in [2.75, 3.05) is 20.3 Å². The number of hydrogen-bond donors (Lipinski definition) is 1. The Hall–Kier alpha value is -2.33. The molecule has 0 aromatic heterocycles. The molecular weight excluding hydrogens is 302 g/mol. The van der Waals surface area contributed by atoms with Gasteiger partial charge >= 0.3 is 5.97 Å². The molecule has 0 spiro atoms. The summed E-state index contributed by atoms with van der Waals surface area (Å²) in [5, 5.41) is 3.29. The second-order valence-corrected chi connectivity index (χ2v) is 5.94. The van der Waals surface area contributed by atoms with Crippen LogP contribution in [0.15, 0.2) is 60.7 Å². The predicted molar refractivity (Wildman–Crippen MR) is 95.1 cm³/mol. The van der Waals surface area contributed by atoms with E-state index in [-0.39, 0.29) is 12.6 Å². The van der Waals surface area contributed by atoms with E-state index >= 15 is 0 Å². The first-order valence-corrected chi connectivity index (χ1v) is 8.19. The van der Waals surface area contributed by atoms with Gasteiger partial charge in [-0.1, -0.05) is 48.5 Å². The van der Waals surface area contributed by atoms with Crippen LogP contribution in [-0.4, -0.2) is 31.8 Å². The maximum Gasteiger partial charge on any atom is 0.329 e. The Morgan fingerprint density at radius 1 is 1.04 bits per heavy atom. The summed E-state index contributed by atoms with van der Waals surface area (Å²) in [6.07, 6.45) is 1.90. The van der Waals surface area contributed by atoms with Gasteiger partial charge < -0.3 is 9.47 Å². The Balaban J connectivity index is 1.86. The molecule has 0 radical (unpaired) electrons. The van der Waals surface area contributed by atoms with Crippen LogP contribution in [0.5, 0.6) is 5.75 Å². The zero-order valence-electron chi connectivity index (χ0n) is 14.3. The highest BCUT2D eigenvalue weighted by molar-refractivity contribution is 5.80. The van der Waals surface area contributed by atoms with Crippen LogP contribution in [0.4, 0.5) is 0 Å². The monoisotopic (exact) mass is 327 g/mol. The third kappa shape index (κ3) is 5.39. The number of nitrogens with one attached hydrogen (secondary N) is 1. The third-order valence-corrected chi connectivity index (χ3v) is 3.91. The number of methoxy groups -OCH3 is 1. The van der Waals surface area contributed by atoms with Gasteiger partial charge in [-0.25, -0.2) is 4.79 Å². The number of esters is 1. The number of ether oxygens (including phenoxy) is 2. The number of carbonyl (C=O) groups excluding carboxylic acids is 1. The minimum atomic E-state index is -0.874. The van der Waals surface area contributed by atoms with E-state index in [0.717, 1.165) is 18.6 Å². The molecule has 2 rings (SSSR count). The Morgan fingerprint density at radius 2 is 1.67 bits per heavy atom. The summed E-state index contributed by atoms with van der Waals surface area (Å²) < 4.78 is 10.7. The van der Waals surface area contributed by atoms with Crippen molar-refractivity contribution < 1.29 is 14.3 Å². The summed E-state index contributed by atoms with van der Waals surface area (Å²) >= 11 is 0. The normalized spacial score (nSPS) is 13.1. The Morgan fingerprint density at radius 3 is 2.29 bits per heavy atom. The molecule has 0 fully saturated rings. The summed E-state index contributed by atoms with van der Waals surface area (Å²) in [4.78, 5) is 12.2. The van der Waals surface area contributed by atoms with Crippen LogP contribution >= 0.6 is 0 Å². The Labute approximate surface area is 143 Å². The highest BCUT2D eigenvalue weighted by Gasteiger charge is 2.34. The van der Waals surface area contributed by atoms with E-state index in [0.29, 0.717) is 6.54 Å². The standard InChI is InChI=1S/C20H25NO3/c1-20(19(22)23-2,16-24-18-13-7-4-8-14-18)21-15-9-12-17-10-5-3-6-11-17/h3-8,10-11,13-14,21H,9,12,15-16H2,1-2H3/t20-/m0/s1. The van der Waals surface area contributed by atoms with Crippen LogP contribution in [0.2, 0.25) is 0 Å². The maximum absolute atomic E-state index is 12.2. The first kappa shape index (κ1) is 18.0. The predicted octanol–water partition coefficient (Wildman–Crippen LogP) is 3.22. The Kier molecular flexibility index (Phi) is 6.82. The van der Waals surface area contributed by atoms with Crippen molar-refractivity contribution in [3.63, 3.8) is 0 Å². The quantitative estimate of drug-likeness (QED) is 0.567. The molecule has 4 heteroatoms. The van der Waals surface area contributed by atoms with Crippen molar-refractivity contribution >= 4 is 5.97 Å². The van der Waals surface area contributed by atoms with Crippen LogP contribution in [-0.2, 0) is 16.0 Å². The SMILES string of the molecule is COC(=O)[C@](C)(COc1ccccc1)NCCCc1ccccc1. The number of hydrogen-bond acceptors (Lipinski definition) is 4. The van der Waals surface area contributed by atoms with Gasteiger partial charge in [-0.05, 0) is 44.0 Å². The summed E-state index contributed by atoms with van der Waals surface area (Å²) in [7, 11) is 1.40. The van der Waals surface area contributed by atoms with Crippen LogP contribution in [0.1, 0.15) is 18.9 Å². The van der Waals surface area contributed by atoms with Crippen molar-refractivity contribution in [3.8, 4) is 5.75 Å². The fourth-order valence-corrected chi connectivity index (χ4v) is 2.45. The second kappa shape index (κ2) is 9.08. The molecule has 1 atom stereocenters. The smallest absolute Gasteiger partial charge is 0.329 e. The molecule has 0 saturated heterocycles. The first-order chi connectivity index (χ1) is 11.6. The highest BCUT2D eigenvalue weighted by atomic mass is 16.5. The van der Waals surface area contributed by atoms with Crippen molar-refractivity contribution in [3.05, 3.63) is 66.2 Å². The van der Waals surface area contributed by atoms with E-state index in [1.807, 2.05) is 55.5 Å². The van der Waals surface area contributed by atoms with Crippen LogP contribution < -0.4 is 10.1 Å². The molecule has 2 aromatic rings. The van der Waals surface area contributed by atoms with Crippen molar-refractivity contribution in [1.82, 2.24) is 5.32 Å². The molecule has 0 heterocycles. The summed E-state index contributed by atoms with van der Waals surface area (Å²) in [6.45, 7) is 2.73. The lowest BCUT2D eigenvalue weighted by Crippen LogP contribution is -2.54. The fraction of sp³-hybridized carbons (Fsp3) is 0.350.